The van der Waals surface area contributed by atoms with E-state index in [1.807, 2.05) is 36.4 Å². The molecule has 3 aromatic carbocycles. The van der Waals surface area contributed by atoms with Crippen LogP contribution in [0.25, 0.3) is 10.8 Å². The van der Waals surface area contributed by atoms with E-state index in [0.717, 1.165) is 28.4 Å². The SMILES string of the molecule is CCc1ccc(Nc2[nH]nc(N=Cc3cccc4ccccc34)c2C#N)cc1. The van der Waals surface area contributed by atoms with Gasteiger partial charge < -0.3 is 5.32 Å². The highest BCUT2D eigenvalue weighted by molar-refractivity contribution is 6.00. The van der Waals surface area contributed by atoms with Crippen molar-refractivity contribution in [3.05, 3.63) is 83.4 Å². The Morgan fingerprint density at radius 2 is 1.86 bits per heavy atom. The van der Waals surface area contributed by atoms with Gasteiger partial charge in [0, 0.05) is 17.5 Å². The van der Waals surface area contributed by atoms with Crippen LogP contribution in [-0.4, -0.2) is 16.4 Å². The Morgan fingerprint density at radius 1 is 1.07 bits per heavy atom. The van der Waals surface area contributed by atoms with Crippen molar-refractivity contribution in [3.8, 4) is 6.07 Å². The predicted molar refractivity (Wildman–Crippen MR) is 114 cm³/mol. The lowest BCUT2D eigenvalue weighted by Gasteiger charge is -2.05. The van der Waals surface area contributed by atoms with Gasteiger partial charge in [0.25, 0.3) is 0 Å². The molecule has 0 saturated heterocycles. The molecule has 0 aliphatic rings. The van der Waals surface area contributed by atoms with E-state index < -0.39 is 0 Å². The van der Waals surface area contributed by atoms with Crippen molar-refractivity contribution in [2.45, 2.75) is 13.3 Å². The van der Waals surface area contributed by atoms with Crippen LogP contribution in [-0.2, 0) is 6.42 Å². The van der Waals surface area contributed by atoms with Crippen molar-refractivity contribution in [1.29, 1.82) is 5.26 Å². The van der Waals surface area contributed by atoms with Crippen molar-refractivity contribution in [2.24, 2.45) is 4.99 Å². The Morgan fingerprint density at radius 3 is 2.64 bits per heavy atom. The molecule has 0 bridgehead atoms. The molecule has 1 aromatic heterocycles. The van der Waals surface area contributed by atoms with E-state index in [-0.39, 0.29) is 0 Å². The van der Waals surface area contributed by atoms with Crippen LogP contribution in [0.3, 0.4) is 0 Å². The quantitative estimate of drug-likeness (QED) is 0.459. The lowest BCUT2D eigenvalue weighted by atomic mass is 10.1. The first kappa shape index (κ1) is 17.5. The summed E-state index contributed by atoms with van der Waals surface area (Å²) in [4.78, 5) is 4.46. The molecular formula is C23H19N5. The monoisotopic (exact) mass is 365 g/mol. The largest absolute Gasteiger partial charge is 0.339 e. The molecular weight excluding hydrogens is 346 g/mol. The minimum atomic E-state index is 0.364. The van der Waals surface area contributed by atoms with Crippen LogP contribution in [0.15, 0.2) is 71.7 Å². The highest BCUT2D eigenvalue weighted by Gasteiger charge is 2.12. The van der Waals surface area contributed by atoms with E-state index >= 15 is 0 Å². The zero-order valence-electron chi connectivity index (χ0n) is 15.5. The number of nitriles is 1. The fourth-order valence-corrected chi connectivity index (χ4v) is 3.08. The second kappa shape index (κ2) is 7.77. The number of aryl methyl sites for hydroxylation is 1. The normalized spacial score (nSPS) is 11.0. The molecule has 0 radical (unpaired) electrons. The predicted octanol–water partition coefficient (Wildman–Crippen LogP) is 5.49. The number of benzene rings is 3. The Labute approximate surface area is 163 Å². The van der Waals surface area contributed by atoms with Gasteiger partial charge >= 0.3 is 0 Å². The summed E-state index contributed by atoms with van der Waals surface area (Å²) in [6, 6.07) is 24.5. The Bertz CT molecular complexity index is 1170. The van der Waals surface area contributed by atoms with Gasteiger partial charge in [0.1, 0.15) is 17.5 Å². The summed E-state index contributed by atoms with van der Waals surface area (Å²) in [5, 5.41) is 22.1. The number of nitrogens with one attached hydrogen (secondary N) is 2. The minimum Gasteiger partial charge on any atom is -0.339 e. The molecule has 0 spiro atoms. The first-order valence-electron chi connectivity index (χ1n) is 9.14. The van der Waals surface area contributed by atoms with Gasteiger partial charge in [-0.1, -0.05) is 61.5 Å². The van der Waals surface area contributed by atoms with Gasteiger partial charge in [-0.15, -0.1) is 0 Å². The molecule has 2 N–H and O–H groups in total. The first-order valence-corrected chi connectivity index (χ1v) is 9.14. The number of fused-ring (bicyclic) bond motifs is 1. The smallest absolute Gasteiger partial charge is 0.193 e. The summed E-state index contributed by atoms with van der Waals surface area (Å²) < 4.78 is 0. The van der Waals surface area contributed by atoms with Crippen molar-refractivity contribution >= 4 is 34.3 Å². The summed E-state index contributed by atoms with van der Waals surface area (Å²) in [5.41, 5.74) is 3.52. The molecule has 0 aliphatic carbocycles. The van der Waals surface area contributed by atoms with Crippen LogP contribution in [0.5, 0.6) is 0 Å². The maximum Gasteiger partial charge on any atom is 0.193 e. The lowest BCUT2D eigenvalue weighted by molar-refractivity contribution is 1.08. The molecule has 0 amide bonds. The third-order valence-electron chi connectivity index (χ3n) is 4.64. The van der Waals surface area contributed by atoms with E-state index in [2.05, 4.69) is 63.8 Å². The van der Waals surface area contributed by atoms with E-state index in [1.165, 1.54) is 5.56 Å². The topological polar surface area (TPSA) is 76.9 Å². The van der Waals surface area contributed by atoms with Crippen molar-refractivity contribution in [3.63, 3.8) is 0 Å². The average Bonchev–Trinajstić information content (AvgIpc) is 3.14. The van der Waals surface area contributed by atoms with E-state index in [0.29, 0.717) is 17.2 Å². The fourth-order valence-electron chi connectivity index (χ4n) is 3.08. The molecule has 5 heteroatoms. The minimum absolute atomic E-state index is 0.364. The Hall–Kier alpha value is -3.91. The van der Waals surface area contributed by atoms with Gasteiger partial charge in [0.15, 0.2) is 5.82 Å². The van der Waals surface area contributed by atoms with Gasteiger partial charge in [-0.05, 0) is 34.9 Å². The summed E-state index contributed by atoms with van der Waals surface area (Å²) >= 11 is 0. The number of H-pyrrole nitrogens is 1. The fraction of sp³-hybridized carbons (Fsp3) is 0.0870. The molecule has 0 atom stereocenters. The average molecular weight is 365 g/mol. The van der Waals surface area contributed by atoms with Gasteiger partial charge in [-0.25, -0.2) is 4.99 Å². The maximum atomic E-state index is 9.59. The second-order valence-electron chi connectivity index (χ2n) is 6.41. The number of aromatic nitrogens is 2. The summed E-state index contributed by atoms with van der Waals surface area (Å²) in [6.45, 7) is 2.12. The third-order valence-corrected chi connectivity index (χ3v) is 4.64. The molecule has 0 aliphatic heterocycles. The Balaban J connectivity index is 1.62. The molecule has 0 unspecified atom stereocenters. The molecule has 136 valence electrons. The van der Waals surface area contributed by atoms with Crippen molar-refractivity contribution < 1.29 is 0 Å². The molecule has 0 fully saturated rings. The summed E-state index contributed by atoms with van der Waals surface area (Å²) in [5.74, 6) is 0.903. The van der Waals surface area contributed by atoms with Crippen LogP contribution in [0, 0.1) is 11.3 Å². The van der Waals surface area contributed by atoms with Gasteiger partial charge in [0.05, 0.1) is 0 Å². The van der Waals surface area contributed by atoms with E-state index in [9.17, 15) is 5.26 Å². The number of rotatable bonds is 5. The van der Waals surface area contributed by atoms with Crippen LogP contribution < -0.4 is 5.32 Å². The van der Waals surface area contributed by atoms with Crippen LogP contribution in [0.1, 0.15) is 23.6 Å². The highest BCUT2D eigenvalue weighted by Crippen LogP contribution is 2.26. The number of anilines is 2. The van der Waals surface area contributed by atoms with E-state index in [1.54, 1.807) is 6.21 Å². The van der Waals surface area contributed by atoms with Gasteiger partial charge in [-0.2, -0.15) is 10.4 Å². The number of aliphatic imine (C=N–C) groups is 1. The number of hydrogen-bond donors (Lipinski definition) is 2. The van der Waals surface area contributed by atoms with Crippen LogP contribution in [0.2, 0.25) is 0 Å². The summed E-state index contributed by atoms with van der Waals surface area (Å²) in [6.07, 6.45) is 2.74. The third kappa shape index (κ3) is 3.49. The van der Waals surface area contributed by atoms with Crippen molar-refractivity contribution in [2.75, 3.05) is 5.32 Å². The molecule has 28 heavy (non-hydrogen) atoms. The van der Waals surface area contributed by atoms with E-state index in [4.69, 9.17) is 0 Å². The molecule has 1 heterocycles. The Kier molecular flexibility index (Phi) is 4.85. The summed E-state index contributed by atoms with van der Waals surface area (Å²) in [7, 11) is 0. The first-order chi connectivity index (χ1) is 13.8. The number of hydrogen-bond acceptors (Lipinski definition) is 4. The van der Waals surface area contributed by atoms with Gasteiger partial charge in [0.2, 0.25) is 0 Å². The van der Waals surface area contributed by atoms with Gasteiger partial charge in [-0.3, -0.25) is 5.10 Å². The second-order valence-corrected chi connectivity index (χ2v) is 6.41. The number of nitrogens with zero attached hydrogens (tertiary/aromatic N) is 3. The van der Waals surface area contributed by atoms with Crippen molar-refractivity contribution in [1.82, 2.24) is 10.2 Å². The zero-order valence-corrected chi connectivity index (χ0v) is 15.5. The number of aromatic amines is 1. The standard InChI is InChI=1S/C23H19N5/c1-2-16-10-12-19(13-11-16)26-23-21(14-24)22(27-28-23)25-15-18-8-5-7-17-6-3-4-9-20(17)18/h3-13,15H,2H2,1H3,(H2,26,27,28). The highest BCUT2D eigenvalue weighted by atomic mass is 15.2. The molecule has 4 aromatic rings. The zero-order chi connectivity index (χ0) is 19.3. The molecule has 5 nitrogen and oxygen atoms in total. The van der Waals surface area contributed by atoms with Crippen LogP contribution >= 0.6 is 0 Å². The molecule has 4 rings (SSSR count). The lowest BCUT2D eigenvalue weighted by Crippen LogP contribution is -1.93. The maximum absolute atomic E-state index is 9.59. The molecule has 0 saturated carbocycles. The van der Waals surface area contributed by atoms with Crippen LogP contribution in [0.4, 0.5) is 17.3 Å².